The zero-order valence-electron chi connectivity index (χ0n) is 17.8. The van der Waals surface area contributed by atoms with Gasteiger partial charge in [-0.1, -0.05) is 35.0 Å². The second-order valence-electron chi connectivity index (χ2n) is 7.60. The normalized spacial score (nSPS) is 17.5. The monoisotopic (exact) mass is 465 g/mol. The quantitative estimate of drug-likeness (QED) is 0.562. The third-order valence-electron chi connectivity index (χ3n) is 5.24. The van der Waals surface area contributed by atoms with Crippen molar-refractivity contribution < 1.29 is 14.3 Å². The molecule has 1 aromatic carbocycles. The Balaban J connectivity index is 1.43. The van der Waals surface area contributed by atoms with E-state index >= 15 is 0 Å². The Morgan fingerprint density at radius 1 is 1.27 bits per heavy atom. The summed E-state index contributed by atoms with van der Waals surface area (Å²) in [4.78, 5) is 28.9. The number of nitriles is 1. The number of hydrogen-bond donors (Lipinski definition) is 2. The van der Waals surface area contributed by atoms with Gasteiger partial charge in [0.25, 0.3) is 0 Å². The Morgan fingerprint density at radius 2 is 2.06 bits per heavy atom. The Bertz CT molecular complexity index is 1240. The number of halogens is 1. The molecule has 1 aliphatic rings. The molecule has 1 saturated carbocycles. The van der Waals surface area contributed by atoms with Gasteiger partial charge in [0, 0.05) is 17.6 Å². The zero-order valence-corrected chi connectivity index (χ0v) is 18.6. The van der Waals surface area contributed by atoms with Crippen molar-refractivity contribution in [1.82, 2.24) is 20.0 Å². The van der Waals surface area contributed by atoms with Crippen molar-refractivity contribution in [2.45, 2.75) is 19.4 Å². The highest BCUT2D eigenvalue weighted by Crippen LogP contribution is 2.38. The predicted octanol–water partition coefficient (Wildman–Crippen LogP) is 3.94. The van der Waals surface area contributed by atoms with Crippen LogP contribution in [-0.4, -0.2) is 32.0 Å². The molecule has 4 rings (SSSR count). The minimum absolute atomic E-state index is 0.201. The first-order valence-corrected chi connectivity index (χ1v) is 10.5. The molecular formula is C22H20ClN7O3. The molecule has 2 aromatic heterocycles. The topological polar surface area (TPSA) is 135 Å². The first-order valence-electron chi connectivity index (χ1n) is 10.2. The molecule has 2 amide bonds. The number of benzene rings is 1. The number of amides is 2. The van der Waals surface area contributed by atoms with E-state index in [0.717, 1.165) is 0 Å². The standard InChI is InChI=1S/C22H20ClN7O3/c1-12(15-5-3-4-6-17(15)23)33-22(32)27-20-19(28-29-30(20)2)18-8-7-14(11-25-18)26-21(31)16-9-13(16)10-24/h3-8,11-13,16H,9H2,1-2H3,(H,26,31)(H,27,32)/t12-,13-,16-/m1/s1. The molecule has 3 atom stereocenters. The van der Waals surface area contributed by atoms with Crippen molar-refractivity contribution in [2.75, 3.05) is 10.6 Å². The fourth-order valence-corrected chi connectivity index (χ4v) is 3.58. The molecular weight excluding hydrogens is 446 g/mol. The fraction of sp³-hybridized carbons (Fsp3) is 0.273. The average molecular weight is 466 g/mol. The second-order valence-corrected chi connectivity index (χ2v) is 8.01. The van der Waals surface area contributed by atoms with Crippen LogP contribution in [0.4, 0.5) is 16.3 Å². The molecule has 0 aliphatic heterocycles. The minimum Gasteiger partial charge on any atom is -0.441 e. The molecule has 0 spiro atoms. The van der Waals surface area contributed by atoms with Crippen LogP contribution in [0, 0.1) is 23.2 Å². The molecule has 1 aliphatic carbocycles. The number of carbonyl (C=O) groups excluding carboxylic acids is 2. The van der Waals surface area contributed by atoms with E-state index in [-0.39, 0.29) is 17.7 Å². The van der Waals surface area contributed by atoms with Gasteiger partial charge in [0.05, 0.1) is 35.5 Å². The van der Waals surface area contributed by atoms with Crippen molar-refractivity contribution in [2.24, 2.45) is 18.9 Å². The summed E-state index contributed by atoms with van der Waals surface area (Å²) in [6.07, 6.45) is 0.784. The predicted molar refractivity (Wildman–Crippen MR) is 120 cm³/mol. The number of ether oxygens (including phenoxy) is 1. The SMILES string of the molecule is C[C@@H](OC(=O)Nc1c(-c2ccc(NC(=O)[C@@H]3C[C@@H]3C#N)cn2)nnn1C)c1ccccc1Cl. The Kier molecular flexibility index (Phi) is 6.24. The maximum Gasteiger partial charge on any atom is 0.413 e. The number of nitrogens with zero attached hydrogens (tertiary/aromatic N) is 5. The Morgan fingerprint density at radius 3 is 2.73 bits per heavy atom. The molecule has 0 radical (unpaired) electrons. The van der Waals surface area contributed by atoms with Crippen LogP contribution in [-0.2, 0) is 16.6 Å². The minimum atomic E-state index is -0.700. The van der Waals surface area contributed by atoms with Gasteiger partial charge >= 0.3 is 6.09 Å². The first-order chi connectivity index (χ1) is 15.9. The molecule has 1 fully saturated rings. The number of nitrogens with one attached hydrogen (secondary N) is 2. The van der Waals surface area contributed by atoms with E-state index < -0.39 is 12.2 Å². The lowest BCUT2D eigenvalue weighted by Crippen LogP contribution is -2.18. The fourth-order valence-electron chi connectivity index (χ4n) is 3.30. The summed E-state index contributed by atoms with van der Waals surface area (Å²) < 4.78 is 6.84. The summed E-state index contributed by atoms with van der Waals surface area (Å²) in [5.74, 6) is -0.394. The van der Waals surface area contributed by atoms with Crippen molar-refractivity contribution in [3.63, 3.8) is 0 Å². The molecule has 0 saturated heterocycles. The number of carbonyl (C=O) groups is 2. The van der Waals surface area contributed by atoms with Crippen LogP contribution >= 0.6 is 11.6 Å². The molecule has 11 heteroatoms. The molecule has 2 heterocycles. The van der Waals surface area contributed by atoms with Gasteiger partial charge in [-0.3, -0.25) is 15.1 Å². The maximum atomic E-state index is 12.5. The largest absolute Gasteiger partial charge is 0.441 e. The summed E-state index contributed by atoms with van der Waals surface area (Å²) in [7, 11) is 1.62. The van der Waals surface area contributed by atoms with E-state index in [1.807, 2.05) is 6.07 Å². The molecule has 168 valence electrons. The highest BCUT2D eigenvalue weighted by molar-refractivity contribution is 6.31. The summed E-state index contributed by atoms with van der Waals surface area (Å²) >= 11 is 6.17. The lowest BCUT2D eigenvalue weighted by atomic mass is 10.1. The number of hydrogen-bond acceptors (Lipinski definition) is 7. The smallest absolute Gasteiger partial charge is 0.413 e. The van der Waals surface area contributed by atoms with E-state index in [1.165, 1.54) is 10.9 Å². The molecule has 0 bridgehead atoms. The molecule has 2 N–H and O–H groups in total. The van der Waals surface area contributed by atoms with Gasteiger partial charge in [0.1, 0.15) is 6.10 Å². The van der Waals surface area contributed by atoms with Gasteiger partial charge in [-0.2, -0.15) is 5.26 Å². The molecule has 33 heavy (non-hydrogen) atoms. The summed E-state index contributed by atoms with van der Waals surface area (Å²) in [5, 5.41) is 22.8. The number of pyridine rings is 1. The van der Waals surface area contributed by atoms with E-state index in [2.05, 4.69) is 32.0 Å². The van der Waals surface area contributed by atoms with Crippen molar-refractivity contribution >= 4 is 35.1 Å². The van der Waals surface area contributed by atoms with Gasteiger partial charge < -0.3 is 10.1 Å². The number of aromatic nitrogens is 4. The van der Waals surface area contributed by atoms with Crippen LogP contribution < -0.4 is 10.6 Å². The highest BCUT2D eigenvalue weighted by atomic mass is 35.5. The summed E-state index contributed by atoms with van der Waals surface area (Å²) in [6, 6.07) is 12.5. The third-order valence-corrected chi connectivity index (χ3v) is 5.59. The van der Waals surface area contributed by atoms with Gasteiger partial charge in [-0.15, -0.1) is 5.10 Å². The van der Waals surface area contributed by atoms with Crippen LogP contribution in [0.2, 0.25) is 5.02 Å². The lowest BCUT2D eigenvalue weighted by molar-refractivity contribution is -0.117. The lowest BCUT2D eigenvalue weighted by Gasteiger charge is -2.15. The highest BCUT2D eigenvalue weighted by Gasteiger charge is 2.43. The van der Waals surface area contributed by atoms with E-state index in [4.69, 9.17) is 21.6 Å². The van der Waals surface area contributed by atoms with Crippen LogP contribution in [0.1, 0.15) is 25.0 Å². The van der Waals surface area contributed by atoms with E-state index in [1.54, 1.807) is 44.3 Å². The average Bonchev–Trinajstić information content (AvgIpc) is 3.52. The van der Waals surface area contributed by atoms with E-state index in [0.29, 0.717) is 39.9 Å². The van der Waals surface area contributed by atoms with Gasteiger partial charge in [0.2, 0.25) is 5.91 Å². The summed E-state index contributed by atoms with van der Waals surface area (Å²) in [6.45, 7) is 1.72. The van der Waals surface area contributed by atoms with Crippen LogP contribution in [0.3, 0.4) is 0 Å². The van der Waals surface area contributed by atoms with Crippen LogP contribution in [0.25, 0.3) is 11.4 Å². The first kappa shape index (κ1) is 22.2. The number of anilines is 2. The number of aryl methyl sites for hydroxylation is 1. The van der Waals surface area contributed by atoms with Crippen LogP contribution in [0.5, 0.6) is 0 Å². The van der Waals surface area contributed by atoms with Crippen molar-refractivity contribution in [1.29, 1.82) is 5.26 Å². The number of rotatable bonds is 6. The van der Waals surface area contributed by atoms with Crippen molar-refractivity contribution in [3.8, 4) is 17.5 Å². The molecule has 10 nitrogen and oxygen atoms in total. The van der Waals surface area contributed by atoms with E-state index in [9.17, 15) is 9.59 Å². The van der Waals surface area contributed by atoms with Crippen molar-refractivity contribution in [3.05, 3.63) is 53.2 Å². The van der Waals surface area contributed by atoms with Gasteiger partial charge in [-0.25, -0.2) is 9.48 Å². The summed E-state index contributed by atoms with van der Waals surface area (Å²) in [5.41, 5.74) is 1.96. The zero-order chi connectivity index (χ0) is 23.5. The second kappa shape index (κ2) is 9.26. The molecule has 3 aromatic rings. The Labute approximate surface area is 194 Å². The molecule has 0 unspecified atom stereocenters. The third kappa shape index (κ3) is 4.94. The maximum absolute atomic E-state index is 12.5. The Hall–Kier alpha value is -3.97. The van der Waals surface area contributed by atoms with Gasteiger partial charge in [-0.05, 0) is 31.5 Å². The van der Waals surface area contributed by atoms with Crippen LogP contribution in [0.15, 0.2) is 42.6 Å². The van der Waals surface area contributed by atoms with Gasteiger partial charge in [0.15, 0.2) is 11.5 Å².